The molecular formula is C19H22N6O2. The van der Waals surface area contributed by atoms with Gasteiger partial charge >= 0.3 is 0 Å². The van der Waals surface area contributed by atoms with E-state index in [1.807, 2.05) is 23.1 Å². The number of aryl methyl sites for hydroxylation is 1. The Balaban J connectivity index is 1.46. The largest absolute Gasteiger partial charge is 0.497 e. The quantitative estimate of drug-likeness (QED) is 0.749. The lowest BCUT2D eigenvalue weighted by molar-refractivity contribution is -0.134. The Bertz CT molecular complexity index is 1010. The van der Waals surface area contributed by atoms with Crippen molar-refractivity contribution in [3.05, 3.63) is 35.3 Å². The third kappa shape index (κ3) is 2.67. The van der Waals surface area contributed by atoms with Crippen LogP contribution in [0.4, 0.5) is 0 Å². The van der Waals surface area contributed by atoms with Crippen LogP contribution in [0.2, 0.25) is 0 Å². The SMILES string of the molecule is COc1ccc2[nH]c3c(c2c1)CN(C(=O)[C@@H]1CCCCn2nnnc21)CC3. The summed E-state index contributed by atoms with van der Waals surface area (Å²) >= 11 is 0. The van der Waals surface area contributed by atoms with E-state index in [0.717, 1.165) is 48.9 Å². The van der Waals surface area contributed by atoms with E-state index in [9.17, 15) is 4.79 Å². The summed E-state index contributed by atoms with van der Waals surface area (Å²) in [5.41, 5.74) is 3.50. The molecule has 0 unspecified atom stereocenters. The summed E-state index contributed by atoms with van der Waals surface area (Å²) in [6, 6.07) is 6.04. The third-order valence-electron chi connectivity index (χ3n) is 5.78. The van der Waals surface area contributed by atoms with Crippen molar-refractivity contribution in [1.29, 1.82) is 0 Å². The van der Waals surface area contributed by atoms with Crippen LogP contribution in [0.1, 0.15) is 42.3 Å². The lowest BCUT2D eigenvalue weighted by Crippen LogP contribution is -2.39. The second-order valence-electron chi connectivity index (χ2n) is 7.31. The molecule has 1 atom stereocenters. The van der Waals surface area contributed by atoms with Crippen molar-refractivity contribution in [3.63, 3.8) is 0 Å². The number of fused-ring (bicyclic) bond motifs is 4. The number of aromatic nitrogens is 5. The van der Waals surface area contributed by atoms with E-state index in [2.05, 4.69) is 20.5 Å². The molecule has 4 heterocycles. The van der Waals surface area contributed by atoms with Crippen molar-refractivity contribution in [2.75, 3.05) is 13.7 Å². The molecule has 0 saturated heterocycles. The molecule has 27 heavy (non-hydrogen) atoms. The third-order valence-corrected chi connectivity index (χ3v) is 5.78. The van der Waals surface area contributed by atoms with Gasteiger partial charge in [-0.05, 0) is 41.5 Å². The number of benzene rings is 1. The Labute approximate surface area is 156 Å². The number of nitrogens with zero attached hydrogens (tertiary/aromatic N) is 5. The Morgan fingerprint density at radius 1 is 1.30 bits per heavy atom. The van der Waals surface area contributed by atoms with Crippen LogP contribution in [-0.4, -0.2) is 49.7 Å². The first kappa shape index (κ1) is 16.3. The van der Waals surface area contributed by atoms with Crippen LogP contribution in [0.25, 0.3) is 10.9 Å². The molecule has 5 rings (SSSR count). The van der Waals surface area contributed by atoms with Crippen LogP contribution in [-0.2, 0) is 24.3 Å². The van der Waals surface area contributed by atoms with Gasteiger partial charge < -0.3 is 14.6 Å². The van der Waals surface area contributed by atoms with E-state index in [1.165, 1.54) is 11.3 Å². The van der Waals surface area contributed by atoms with E-state index in [1.54, 1.807) is 11.8 Å². The number of methoxy groups -OCH3 is 1. The van der Waals surface area contributed by atoms with E-state index < -0.39 is 0 Å². The van der Waals surface area contributed by atoms with Gasteiger partial charge in [-0.15, -0.1) is 5.10 Å². The first-order valence-electron chi connectivity index (χ1n) is 9.47. The average Bonchev–Trinajstić information content (AvgIpc) is 3.25. The minimum Gasteiger partial charge on any atom is -0.497 e. The normalized spacial score (nSPS) is 19.4. The Hall–Kier alpha value is -2.90. The predicted octanol–water partition coefficient (Wildman–Crippen LogP) is 2.02. The monoisotopic (exact) mass is 366 g/mol. The summed E-state index contributed by atoms with van der Waals surface area (Å²) in [4.78, 5) is 18.8. The molecule has 2 aliphatic heterocycles. The van der Waals surface area contributed by atoms with E-state index in [0.29, 0.717) is 18.9 Å². The molecule has 140 valence electrons. The van der Waals surface area contributed by atoms with Crippen molar-refractivity contribution in [1.82, 2.24) is 30.1 Å². The van der Waals surface area contributed by atoms with Gasteiger partial charge in [-0.1, -0.05) is 6.42 Å². The average molecular weight is 366 g/mol. The second-order valence-corrected chi connectivity index (χ2v) is 7.31. The van der Waals surface area contributed by atoms with Gasteiger partial charge in [-0.2, -0.15) is 0 Å². The number of hydrogen-bond acceptors (Lipinski definition) is 5. The minimum atomic E-state index is -0.246. The number of H-pyrrole nitrogens is 1. The topological polar surface area (TPSA) is 88.9 Å². The zero-order valence-electron chi connectivity index (χ0n) is 15.3. The van der Waals surface area contributed by atoms with Crippen molar-refractivity contribution in [2.45, 2.75) is 44.7 Å². The first-order valence-corrected chi connectivity index (χ1v) is 9.47. The highest BCUT2D eigenvalue weighted by Gasteiger charge is 2.34. The molecule has 2 aromatic heterocycles. The maximum Gasteiger partial charge on any atom is 0.233 e. The van der Waals surface area contributed by atoms with E-state index in [4.69, 9.17) is 4.74 Å². The number of aromatic amines is 1. The Morgan fingerprint density at radius 2 is 2.22 bits per heavy atom. The Kier molecular flexibility index (Phi) is 3.84. The van der Waals surface area contributed by atoms with Crippen LogP contribution in [0.5, 0.6) is 5.75 Å². The molecule has 8 heteroatoms. The maximum atomic E-state index is 13.3. The van der Waals surface area contributed by atoms with Crippen molar-refractivity contribution < 1.29 is 9.53 Å². The number of rotatable bonds is 2. The summed E-state index contributed by atoms with van der Waals surface area (Å²) in [5.74, 6) is 1.43. The van der Waals surface area contributed by atoms with Gasteiger partial charge in [0.2, 0.25) is 5.91 Å². The molecule has 1 amide bonds. The predicted molar refractivity (Wildman–Crippen MR) is 98.4 cm³/mol. The fraction of sp³-hybridized carbons (Fsp3) is 0.474. The molecule has 0 saturated carbocycles. The number of tetrazole rings is 1. The van der Waals surface area contributed by atoms with Crippen molar-refractivity contribution in [3.8, 4) is 5.75 Å². The van der Waals surface area contributed by atoms with Crippen LogP contribution < -0.4 is 4.74 Å². The van der Waals surface area contributed by atoms with Gasteiger partial charge in [0.25, 0.3) is 0 Å². The van der Waals surface area contributed by atoms with Gasteiger partial charge in [0.15, 0.2) is 5.82 Å². The number of carbonyl (C=O) groups is 1. The zero-order valence-corrected chi connectivity index (χ0v) is 15.3. The summed E-state index contributed by atoms with van der Waals surface area (Å²) in [7, 11) is 1.67. The number of amides is 1. The zero-order chi connectivity index (χ0) is 18.4. The molecule has 0 fully saturated rings. The van der Waals surface area contributed by atoms with Gasteiger partial charge in [0, 0.05) is 48.2 Å². The highest BCUT2D eigenvalue weighted by molar-refractivity contribution is 5.88. The smallest absolute Gasteiger partial charge is 0.233 e. The molecular weight excluding hydrogens is 344 g/mol. The molecule has 0 radical (unpaired) electrons. The number of nitrogens with one attached hydrogen (secondary N) is 1. The minimum absolute atomic E-state index is 0.135. The molecule has 1 aromatic carbocycles. The summed E-state index contributed by atoms with van der Waals surface area (Å²) in [5, 5.41) is 13.1. The molecule has 1 N–H and O–H groups in total. The molecule has 0 bridgehead atoms. The highest BCUT2D eigenvalue weighted by Crippen LogP contribution is 2.33. The van der Waals surface area contributed by atoms with Crippen LogP contribution in [0.15, 0.2) is 18.2 Å². The van der Waals surface area contributed by atoms with Gasteiger partial charge in [-0.25, -0.2) is 4.68 Å². The molecule has 3 aromatic rings. The maximum absolute atomic E-state index is 13.3. The Morgan fingerprint density at radius 3 is 3.11 bits per heavy atom. The van der Waals surface area contributed by atoms with Gasteiger partial charge in [0.05, 0.1) is 13.0 Å². The summed E-state index contributed by atoms with van der Waals surface area (Å²) in [6.07, 6.45) is 3.65. The van der Waals surface area contributed by atoms with Crippen molar-refractivity contribution >= 4 is 16.8 Å². The molecule has 0 aliphatic carbocycles. The standard InChI is InChI=1S/C19H22N6O2/c1-27-12-5-6-16-14(10-12)15-11-24(9-7-17(15)20-16)19(26)13-4-2-3-8-25-18(13)21-22-23-25/h5-6,10,13,20H,2-4,7-9,11H2,1H3/t13-/m1/s1. The van der Waals surface area contributed by atoms with E-state index in [-0.39, 0.29) is 11.8 Å². The molecule has 2 aliphatic rings. The van der Waals surface area contributed by atoms with Crippen molar-refractivity contribution in [2.24, 2.45) is 0 Å². The highest BCUT2D eigenvalue weighted by atomic mass is 16.5. The van der Waals surface area contributed by atoms with E-state index >= 15 is 0 Å². The second kappa shape index (κ2) is 6.37. The lowest BCUT2D eigenvalue weighted by atomic mass is 9.98. The van der Waals surface area contributed by atoms with Gasteiger partial charge in [-0.3, -0.25) is 4.79 Å². The fourth-order valence-electron chi connectivity index (χ4n) is 4.32. The number of carbonyl (C=O) groups excluding carboxylic acids is 1. The first-order chi connectivity index (χ1) is 13.2. The summed E-state index contributed by atoms with van der Waals surface area (Å²) in [6.45, 7) is 2.12. The molecule has 0 spiro atoms. The number of hydrogen-bond donors (Lipinski definition) is 1. The fourth-order valence-corrected chi connectivity index (χ4v) is 4.32. The molecule has 8 nitrogen and oxygen atoms in total. The van der Waals surface area contributed by atoms with Crippen LogP contribution in [0, 0.1) is 0 Å². The lowest BCUT2D eigenvalue weighted by Gasteiger charge is -2.30. The summed E-state index contributed by atoms with van der Waals surface area (Å²) < 4.78 is 7.17. The number of ether oxygens (including phenoxy) is 1. The van der Waals surface area contributed by atoms with Gasteiger partial charge in [0.1, 0.15) is 5.75 Å². The van der Waals surface area contributed by atoms with Crippen LogP contribution >= 0.6 is 0 Å². The van der Waals surface area contributed by atoms with Crippen LogP contribution in [0.3, 0.4) is 0 Å².